The predicted molar refractivity (Wildman–Crippen MR) is 67.8 cm³/mol. The van der Waals surface area contributed by atoms with E-state index < -0.39 is 0 Å². The summed E-state index contributed by atoms with van der Waals surface area (Å²) < 4.78 is 0.902. The van der Waals surface area contributed by atoms with Crippen molar-refractivity contribution in [3.63, 3.8) is 0 Å². The molecule has 0 aromatic carbocycles. The van der Waals surface area contributed by atoms with Gasteiger partial charge in [-0.15, -0.1) is 11.3 Å². The van der Waals surface area contributed by atoms with Crippen molar-refractivity contribution >= 4 is 22.9 Å². The molecule has 1 aliphatic carbocycles. The highest BCUT2D eigenvalue weighted by atomic mass is 35.5. The van der Waals surface area contributed by atoms with Gasteiger partial charge >= 0.3 is 0 Å². The normalized spacial score (nSPS) is 18.0. The van der Waals surface area contributed by atoms with Gasteiger partial charge in [0.25, 0.3) is 0 Å². The molecular formula is C12H18ClNS. The fourth-order valence-electron chi connectivity index (χ4n) is 2.01. The lowest BCUT2D eigenvalue weighted by atomic mass is 10.1. The quantitative estimate of drug-likeness (QED) is 0.803. The molecule has 0 radical (unpaired) electrons. The Hall–Kier alpha value is -0.0500. The minimum Gasteiger partial charge on any atom is -0.313 e. The molecule has 0 spiro atoms. The molecular weight excluding hydrogens is 226 g/mol. The maximum absolute atomic E-state index is 5.89. The van der Waals surface area contributed by atoms with Gasteiger partial charge in [0.15, 0.2) is 0 Å². The molecule has 1 heterocycles. The highest BCUT2D eigenvalue weighted by molar-refractivity contribution is 7.16. The lowest BCUT2D eigenvalue weighted by molar-refractivity contribution is 0.454. The lowest BCUT2D eigenvalue weighted by Crippen LogP contribution is -2.31. The zero-order chi connectivity index (χ0) is 10.7. The predicted octanol–water partition coefficient (Wildman–Crippen LogP) is 3.72. The molecule has 3 heteroatoms. The molecule has 1 N–H and O–H groups in total. The standard InChI is InChI=1S/C12H18ClNS/c1-2-11(9-3-4-9)14-8-7-10-5-6-12(13)15-10/h5-6,9,11,14H,2-4,7-8H2,1H3. The van der Waals surface area contributed by atoms with Crippen LogP contribution in [-0.2, 0) is 6.42 Å². The van der Waals surface area contributed by atoms with Gasteiger partial charge in [-0.3, -0.25) is 0 Å². The maximum atomic E-state index is 5.89. The fourth-order valence-corrected chi connectivity index (χ4v) is 3.10. The molecule has 1 aliphatic rings. The summed E-state index contributed by atoms with van der Waals surface area (Å²) in [5, 5.41) is 3.65. The lowest BCUT2D eigenvalue weighted by Gasteiger charge is -2.15. The first-order valence-electron chi connectivity index (χ1n) is 5.77. The first-order valence-corrected chi connectivity index (χ1v) is 6.96. The van der Waals surface area contributed by atoms with Crippen LogP contribution in [-0.4, -0.2) is 12.6 Å². The van der Waals surface area contributed by atoms with E-state index in [0.717, 1.165) is 29.3 Å². The number of rotatable bonds is 6. The van der Waals surface area contributed by atoms with Crippen LogP contribution < -0.4 is 5.32 Å². The highest BCUT2D eigenvalue weighted by Crippen LogP contribution is 2.33. The minimum atomic E-state index is 0.750. The summed E-state index contributed by atoms with van der Waals surface area (Å²) in [6.45, 7) is 3.36. The van der Waals surface area contributed by atoms with E-state index >= 15 is 0 Å². The second-order valence-corrected chi connectivity index (χ2v) is 6.06. The Morgan fingerprint density at radius 3 is 2.87 bits per heavy atom. The molecule has 1 aromatic rings. The smallest absolute Gasteiger partial charge is 0.0931 e. The van der Waals surface area contributed by atoms with Crippen LogP contribution in [0, 0.1) is 5.92 Å². The summed E-state index contributed by atoms with van der Waals surface area (Å²) in [4.78, 5) is 1.39. The average Bonchev–Trinajstić information content (AvgIpc) is 2.98. The molecule has 1 atom stereocenters. The van der Waals surface area contributed by atoms with E-state index in [1.165, 1.54) is 24.1 Å². The molecule has 0 amide bonds. The second-order valence-electron chi connectivity index (χ2n) is 4.26. The molecule has 0 saturated heterocycles. The summed E-state index contributed by atoms with van der Waals surface area (Å²) >= 11 is 7.58. The third-order valence-corrected chi connectivity index (χ3v) is 4.33. The van der Waals surface area contributed by atoms with E-state index in [1.54, 1.807) is 11.3 Å². The van der Waals surface area contributed by atoms with Gasteiger partial charge in [-0.2, -0.15) is 0 Å². The Balaban J connectivity index is 1.69. The average molecular weight is 244 g/mol. The number of hydrogen-bond donors (Lipinski definition) is 1. The third-order valence-electron chi connectivity index (χ3n) is 3.04. The first-order chi connectivity index (χ1) is 7.29. The van der Waals surface area contributed by atoms with E-state index in [0.29, 0.717) is 0 Å². The van der Waals surface area contributed by atoms with Gasteiger partial charge < -0.3 is 5.32 Å². The Labute approximate surface area is 101 Å². The summed E-state index contributed by atoms with van der Waals surface area (Å²) in [5.74, 6) is 0.960. The van der Waals surface area contributed by atoms with Crippen molar-refractivity contribution in [3.8, 4) is 0 Å². The van der Waals surface area contributed by atoms with Crippen LogP contribution in [0.25, 0.3) is 0 Å². The topological polar surface area (TPSA) is 12.0 Å². The SMILES string of the molecule is CCC(NCCc1ccc(Cl)s1)C1CC1. The summed E-state index contributed by atoms with van der Waals surface area (Å²) in [7, 11) is 0. The van der Waals surface area contributed by atoms with E-state index in [-0.39, 0.29) is 0 Å². The van der Waals surface area contributed by atoms with Crippen molar-refractivity contribution in [3.05, 3.63) is 21.3 Å². The van der Waals surface area contributed by atoms with Crippen molar-refractivity contribution in [1.82, 2.24) is 5.32 Å². The molecule has 0 aliphatic heterocycles. The molecule has 2 rings (SSSR count). The Morgan fingerprint density at radius 2 is 2.33 bits per heavy atom. The first kappa shape index (κ1) is 11.4. The maximum Gasteiger partial charge on any atom is 0.0931 e. The van der Waals surface area contributed by atoms with Gasteiger partial charge in [0.05, 0.1) is 4.34 Å². The number of hydrogen-bond acceptors (Lipinski definition) is 2. The molecule has 84 valence electrons. The molecule has 1 unspecified atom stereocenters. The van der Waals surface area contributed by atoms with Crippen LogP contribution in [0.15, 0.2) is 12.1 Å². The highest BCUT2D eigenvalue weighted by Gasteiger charge is 2.29. The van der Waals surface area contributed by atoms with Crippen LogP contribution in [0.4, 0.5) is 0 Å². The monoisotopic (exact) mass is 243 g/mol. The molecule has 1 nitrogen and oxygen atoms in total. The van der Waals surface area contributed by atoms with E-state index in [1.807, 2.05) is 6.07 Å². The molecule has 1 fully saturated rings. The van der Waals surface area contributed by atoms with Crippen LogP contribution in [0.3, 0.4) is 0 Å². The molecule has 1 aromatic heterocycles. The summed E-state index contributed by atoms with van der Waals surface area (Å²) in [6.07, 6.45) is 5.23. The van der Waals surface area contributed by atoms with Gasteiger partial charge in [-0.05, 0) is 43.7 Å². The Bertz CT molecular complexity index is 306. The van der Waals surface area contributed by atoms with Crippen molar-refractivity contribution in [2.24, 2.45) is 5.92 Å². The summed E-state index contributed by atoms with van der Waals surface area (Å²) in [6, 6.07) is 4.87. The van der Waals surface area contributed by atoms with Crippen LogP contribution in [0.1, 0.15) is 31.1 Å². The van der Waals surface area contributed by atoms with Gasteiger partial charge in [-0.25, -0.2) is 0 Å². The fraction of sp³-hybridized carbons (Fsp3) is 0.667. The largest absolute Gasteiger partial charge is 0.313 e. The van der Waals surface area contributed by atoms with Gasteiger partial charge in [0, 0.05) is 17.5 Å². The third kappa shape index (κ3) is 3.47. The number of halogens is 1. The molecule has 15 heavy (non-hydrogen) atoms. The van der Waals surface area contributed by atoms with Crippen LogP contribution >= 0.6 is 22.9 Å². The van der Waals surface area contributed by atoms with Crippen molar-refractivity contribution in [2.45, 2.75) is 38.6 Å². The zero-order valence-corrected chi connectivity index (χ0v) is 10.7. The van der Waals surface area contributed by atoms with Crippen molar-refractivity contribution in [1.29, 1.82) is 0 Å². The van der Waals surface area contributed by atoms with Crippen molar-refractivity contribution < 1.29 is 0 Å². The number of thiophene rings is 1. The van der Waals surface area contributed by atoms with Gasteiger partial charge in [-0.1, -0.05) is 18.5 Å². The molecule has 0 bridgehead atoms. The van der Waals surface area contributed by atoms with Crippen molar-refractivity contribution in [2.75, 3.05) is 6.54 Å². The molecule has 1 saturated carbocycles. The van der Waals surface area contributed by atoms with E-state index in [4.69, 9.17) is 11.6 Å². The van der Waals surface area contributed by atoms with Crippen LogP contribution in [0.5, 0.6) is 0 Å². The van der Waals surface area contributed by atoms with E-state index in [9.17, 15) is 0 Å². The van der Waals surface area contributed by atoms with Gasteiger partial charge in [0.1, 0.15) is 0 Å². The minimum absolute atomic E-state index is 0.750. The van der Waals surface area contributed by atoms with E-state index in [2.05, 4.69) is 18.3 Å². The zero-order valence-electron chi connectivity index (χ0n) is 9.13. The Kier molecular flexibility index (Phi) is 4.06. The van der Waals surface area contributed by atoms with Crippen LogP contribution in [0.2, 0.25) is 4.34 Å². The Morgan fingerprint density at radius 1 is 1.53 bits per heavy atom. The summed E-state index contributed by atoms with van der Waals surface area (Å²) in [5.41, 5.74) is 0. The number of nitrogens with one attached hydrogen (secondary N) is 1. The second kappa shape index (κ2) is 5.33. The van der Waals surface area contributed by atoms with Gasteiger partial charge in [0.2, 0.25) is 0 Å².